The van der Waals surface area contributed by atoms with Gasteiger partial charge in [0.2, 0.25) is 11.8 Å². The highest BCUT2D eigenvalue weighted by atomic mass is 19.1. The van der Waals surface area contributed by atoms with Crippen molar-refractivity contribution in [3.8, 4) is 12.1 Å². The second-order valence-corrected chi connectivity index (χ2v) is 9.87. The Kier molecular flexibility index (Phi) is 6.31. The van der Waals surface area contributed by atoms with Crippen molar-refractivity contribution in [2.75, 3.05) is 37.0 Å². The predicted octanol–water partition coefficient (Wildman–Crippen LogP) is 2.82. The minimum Gasteiger partial charge on any atom is -0.467 e. The lowest BCUT2D eigenvalue weighted by atomic mass is 9.64. The van der Waals surface area contributed by atoms with Crippen LogP contribution in [0.4, 0.5) is 15.9 Å². The minimum atomic E-state index is -0.928. The number of piperazine rings is 1. The van der Waals surface area contributed by atoms with Crippen molar-refractivity contribution in [3.63, 3.8) is 0 Å². The normalized spacial score (nSPS) is 22.5. The molecule has 9 nitrogen and oxygen atoms in total. The van der Waals surface area contributed by atoms with E-state index in [2.05, 4.69) is 27.9 Å². The number of fused-ring (bicyclic) bond motifs is 3. The number of carbonyl (C=O) groups excluding carboxylic acids is 2. The summed E-state index contributed by atoms with van der Waals surface area (Å²) >= 11 is 0. The van der Waals surface area contributed by atoms with Crippen LogP contribution < -0.4 is 15.0 Å². The molecular formula is C27H29FN6O3. The van der Waals surface area contributed by atoms with Crippen LogP contribution in [-0.2, 0) is 27.8 Å². The predicted molar refractivity (Wildman–Crippen MR) is 135 cm³/mol. The molecule has 1 aromatic carbocycles. The Morgan fingerprint density at radius 3 is 2.95 bits per heavy atom. The summed E-state index contributed by atoms with van der Waals surface area (Å²) in [5.41, 5.74) is 2.79. The average Bonchev–Trinajstić information content (AvgIpc) is 2.89. The summed E-state index contributed by atoms with van der Waals surface area (Å²) in [6, 6.07) is 4.97. The first-order chi connectivity index (χ1) is 17.8. The Morgan fingerprint density at radius 2 is 2.22 bits per heavy atom. The lowest BCUT2D eigenvalue weighted by Gasteiger charge is -2.44. The minimum absolute atomic E-state index is 0.150. The Morgan fingerprint density at radius 1 is 1.41 bits per heavy atom. The monoisotopic (exact) mass is 504 g/mol. The van der Waals surface area contributed by atoms with Gasteiger partial charge in [-0.2, -0.15) is 15.2 Å². The molecule has 2 aromatic rings. The third-order valence-corrected chi connectivity index (χ3v) is 7.82. The number of methoxy groups -OCH3 is 1. The summed E-state index contributed by atoms with van der Waals surface area (Å²) in [5.74, 6) is -0.288. The topological polar surface area (TPSA) is 111 Å². The van der Waals surface area contributed by atoms with E-state index in [1.54, 1.807) is 4.90 Å². The van der Waals surface area contributed by atoms with E-state index in [4.69, 9.17) is 4.74 Å². The van der Waals surface area contributed by atoms with E-state index >= 15 is 0 Å². The van der Waals surface area contributed by atoms with Gasteiger partial charge in [-0.1, -0.05) is 6.58 Å². The zero-order valence-corrected chi connectivity index (χ0v) is 21.0. The quantitative estimate of drug-likeness (QED) is 0.638. The molecule has 2 aliphatic heterocycles. The van der Waals surface area contributed by atoms with Crippen LogP contribution in [0.2, 0.25) is 0 Å². The molecular weight excluding hydrogens is 475 g/mol. The van der Waals surface area contributed by atoms with Crippen LogP contribution in [0.3, 0.4) is 0 Å². The van der Waals surface area contributed by atoms with Crippen LogP contribution in [0, 0.1) is 24.1 Å². The molecule has 1 saturated heterocycles. The van der Waals surface area contributed by atoms with Crippen molar-refractivity contribution >= 4 is 23.3 Å². The highest BCUT2D eigenvalue weighted by Crippen LogP contribution is 2.47. The van der Waals surface area contributed by atoms with Gasteiger partial charge >= 0.3 is 6.01 Å². The molecule has 1 fully saturated rings. The van der Waals surface area contributed by atoms with Gasteiger partial charge in [0, 0.05) is 26.1 Å². The van der Waals surface area contributed by atoms with Crippen LogP contribution in [0.1, 0.15) is 41.6 Å². The van der Waals surface area contributed by atoms with E-state index in [-0.39, 0.29) is 36.1 Å². The number of hydrogen-bond acceptors (Lipinski definition) is 7. The molecule has 3 aliphatic rings. The molecule has 1 spiro atoms. The Labute approximate surface area is 214 Å². The maximum Gasteiger partial charge on any atom is 0.318 e. The lowest BCUT2D eigenvalue weighted by Crippen LogP contribution is -2.55. The summed E-state index contributed by atoms with van der Waals surface area (Å²) in [7, 11) is 1.48. The lowest BCUT2D eigenvalue weighted by molar-refractivity contribution is -0.128. The molecule has 5 rings (SSSR count). The number of halogens is 1. The fourth-order valence-electron chi connectivity index (χ4n) is 6.04. The summed E-state index contributed by atoms with van der Waals surface area (Å²) in [4.78, 5) is 38.9. The number of amides is 2. The fourth-order valence-corrected chi connectivity index (χ4v) is 6.04. The highest BCUT2D eigenvalue weighted by molar-refractivity contribution is 6.04. The van der Waals surface area contributed by atoms with E-state index in [1.807, 2.05) is 11.8 Å². The molecule has 0 radical (unpaired) electrons. The van der Waals surface area contributed by atoms with E-state index in [0.717, 1.165) is 29.5 Å². The number of nitriles is 1. The first-order valence-electron chi connectivity index (χ1n) is 12.4. The van der Waals surface area contributed by atoms with Gasteiger partial charge in [-0.05, 0) is 61.1 Å². The van der Waals surface area contributed by atoms with Gasteiger partial charge in [0.15, 0.2) is 5.82 Å². The van der Waals surface area contributed by atoms with Crippen molar-refractivity contribution in [1.29, 1.82) is 5.26 Å². The number of aromatic nitrogens is 2. The van der Waals surface area contributed by atoms with Gasteiger partial charge in [0.05, 0.1) is 36.8 Å². The summed E-state index contributed by atoms with van der Waals surface area (Å²) in [6.45, 7) is 6.63. The maximum atomic E-state index is 14.5. The van der Waals surface area contributed by atoms with Crippen molar-refractivity contribution in [3.05, 3.63) is 53.0 Å². The first kappa shape index (κ1) is 24.7. The van der Waals surface area contributed by atoms with E-state index in [0.29, 0.717) is 49.7 Å². The van der Waals surface area contributed by atoms with Gasteiger partial charge in [0.25, 0.3) is 0 Å². The number of nitrogens with zero attached hydrogens (tertiary/aromatic N) is 5. The number of rotatable bonds is 4. The molecule has 3 heterocycles. The molecule has 1 aliphatic carbocycles. The fraction of sp³-hybridized carbons (Fsp3) is 0.444. The third kappa shape index (κ3) is 4.08. The zero-order chi connectivity index (χ0) is 26.3. The zero-order valence-electron chi connectivity index (χ0n) is 21.0. The van der Waals surface area contributed by atoms with Crippen molar-refractivity contribution in [1.82, 2.24) is 14.9 Å². The summed E-state index contributed by atoms with van der Waals surface area (Å²) in [6.07, 6.45) is 3.90. The van der Waals surface area contributed by atoms with Crippen LogP contribution in [-0.4, -0.2) is 59.5 Å². The standard InChI is InChI=1S/C27H29FN6O3/c1-4-22(35)34-11-10-33(15-18(34)7-9-29)24-23-21(30-26(32-24)37-3)14-27(25(36)31-23)8-5-6-19-16(2)12-17(28)13-20(19)27/h4,12-13,18H,1,5-8,10-11,14-15H2,2-3H3,(H,31,36). The molecule has 2 amide bonds. The van der Waals surface area contributed by atoms with Gasteiger partial charge in [-0.15, -0.1) is 0 Å². The van der Waals surface area contributed by atoms with Crippen LogP contribution in [0.25, 0.3) is 0 Å². The molecule has 2 unspecified atom stereocenters. The van der Waals surface area contributed by atoms with Crippen molar-refractivity contribution < 1.29 is 18.7 Å². The number of nitrogens with one attached hydrogen (secondary N) is 1. The third-order valence-electron chi connectivity index (χ3n) is 7.82. The van der Waals surface area contributed by atoms with Crippen molar-refractivity contribution in [2.24, 2.45) is 0 Å². The number of benzene rings is 1. The number of anilines is 2. The number of ether oxygens (including phenoxy) is 1. The van der Waals surface area contributed by atoms with Crippen molar-refractivity contribution in [2.45, 2.75) is 50.5 Å². The number of carbonyl (C=O) groups is 2. The Balaban J connectivity index is 1.56. The maximum absolute atomic E-state index is 14.5. The van der Waals surface area contributed by atoms with Gasteiger partial charge in [-0.3, -0.25) is 9.59 Å². The summed E-state index contributed by atoms with van der Waals surface area (Å²) < 4.78 is 19.9. The van der Waals surface area contributed by atoms with E-state index in [9.17, 15) is 19.2 Å². The van der Waals surface area contributed by atoms with Gasteiger partial charge < -0.3 is 19.9 Å². The molecule has 0 saturated carbocycles. The largest absolute Gasteiger partial charge is 0.467 e. The smallest absolute Gasteiger partial charge is 0.318 e. The molecule has 0 bridgehead atoms. The SMILES string of the molecule is C=CC(=O)N1CCN(c2nc(OC)nc3c2NC(=O)C2(CCCc4c(C)cc(F)cc42)C3)CC1CC#N. The van der Waals surface area contributed by atoms with Gasteiger partial charge in [-0.25, -0.2) is 4.39 Å². The Hall–Kier alpha value is -4.00. The molecule has 192 valence electrons. The second-order valence-electron chi connectivity index (χ2n) is 9.87. The highest BCUT2D eigenvalue weighted by Gasteiger charge is 2.49. The van der Waals surface area contributed by atoms with Crippen LogP contribution in [0.5, 0.6) is 6.01 Å². The molecule has 2 atom stereocenters. The number of aryl methyl sites for hydroxylation is 1. The molecule has 10 heteroatoms. The number of hydrogen-bond donors (Lipinski definition) is 1. The molecule has 37 heavy (non-hydrogen) atoms. The van der Waals surface area contributed by atoms with Gasteiger partial charge in [0.1, 0.15) is 11.5 Å². The van der Waals surface area contributed by atoms with Crippen LogP contribution >= 0.6 is 0 Å². The first-order valence-corrected chi connectivity index (χ1v) is 12.4. The Bertz CT molecular complexity index is 1340. The van der Waals surface area contributed by atoms with E-state index in [1.165, 1.54) is 25.3 Å². The second kappa shape index (κ2) is 9.47. The van der Waals surface area contributed by atoms with Crippen LogP contribution in [0.15, 0.2) is 24.8 Å². The average molecular weight is 505 g/mol. The van der Waals surface area contributed by atoms with E-state index < -0.39 is 5.41 Å². The summed E-state index contributed by atoms with van der Waals surface area (Å²) in [5, 5.41) is 12.4. The molecule has 1 N–H and O–H groups in total. The molecule has 1 aromatic heterocycles.